The highest BCUT2D eigenvalue weighted by molar-refractivity contribution is 5.78. The predicted molar refractivity (Wildman–Crippen MR) is 86.9 cm³/mol. The number of likely N-dealkylation sites (tertiary alicyclic amines) is 1. The fraction of sp³-hybridized carbons (Fsp3) is 0.611. The van der Waals surface area contributed by atoms with E-state index >= 15 is 0 Å². The van der Waals surface area contributed by atoms with E-state index < -0.39 is 0 Å². The van der Waals surface area contributed by atoms with Gasteiger partial charge in [0.05, 0.1) is 0 Å². The van der Waals surface area contributed by atoms with E-state index in [0.29, 0.717) is 30.8 Å². The second-order valence-corrected chi connectivity index (χ2v) is 6.56. The summed E-state index contributed by atoms with van der Waals surface area (Å²) >= 11 is 0. The maximum Gasteiger partial charge on any atom is 0.222 e. The third-order valence-electron chi connectivity index (χ3n) is 4.27. The summed E-state index contributed by atoms with van der Waals surface area (Å²) in [6, 6.07) is 7.03. The van der Waals surface area contributed by atoms with Crippen LogP contribution in [-0.4, -0.2) is 29.9 Å². The number of nitrogens with one attached hydrogen (secondary N) is 1. The molecule has 1 amide bonds. The third-order valence-corrected chi connectivity index (χ3v) is 4.27. The summed E-state index contributed by atoms with van der Waals surface area (Å²) in [7, 11) is 0. The molecule has 22 heavy (non-hydrogen) atoms. The van der Waals surface area contributed by atoms with Crippen molar-refractivity contribution in [1.82, 2.24) is 10.2 Å². The number of rotatable bonds is 8. The lowest BCUT2D eigenvalue weighted by atomic mass is 10.1. The number of benzene rings is 1. The average molecular weight is 306 g/mol. The number of carbonyl (C=O) groups excluding carboxylic acids is 1. The van der Waals surface area contributed by atoms with Crippen LogP contribution in [0, 0.1) is 11.7 Å². The summed E-state index contributed by atoms with van der Waals surface area (Å²) in [5.74, 6) is 0.733. The van der Waals surface area contributed by atoms with Crippen molar-refractivity contribution < 1.29 is 9.18 Å². The first-order valence-electron chi connectivity index (χ1n) is 8.31. The number of amides is 1. The van der Waals surface area contributed by atoms with Crippen LogP contribution in [0.4, 0.5) is 4.39 Å². The Hall–Kier alpha value is -1.42. The van der Waals surface area contributed by atoms with Gasteiger partial charge in [-0.2, -0.15) is 0 Å². The molecule has 1 heterocycles. The van der Waals surface area contributed by atoms with Crippen LogP contribution >= 0.6 is 0 Å². The second-order valence-electron chi connectivity index (χ2n) is 6.56. The van der Waals surface area contributed by atoms with Gasteiger partial charge in [0.25, 0.3) is 0 Å². The molecule has 1 aliphatic heterocycles. The molecule has 0 radical (unpaired) electrons. The van der Waals surface area contributed by atoms with E-state index in [2.05, 4.69) is 24.1 Å². The number of halogens is 1. The van der Waals surface area contributed by atoms with Crippen LogP contribution in [0.25, 0.3) is 0 Å². The third kappa shape index (κ3) is 5.09. The van der Waals surface area contributed by atoms with Crippen LogP contribution in [0.3, 0.4) is 0 Å². The van der Waals surface area contributed by atoms with Crippen molar-refractivity contribution in [2.45, 2.75) is 52.1 Å². The van der Waals surface area contributed by atoms with Gasteiger partial charge >= 0.3 is 0 Å². The van der Waals surface area contributed by atoms with Gasteiger partial charge in [-0.3, -0.25) is 4.79 Å². The summed E-state index contributed by atoms with van der Waals surface area (Å²) in [6.07, 6.45) is 3.70. The maximum atomic E-state index is 13.1. The molecule has 0 bridgehead atoms. The number of carbonyl (C=O) groups is 1. The van der Waals surface area contributed by atoms with Gasteiger partial charge in [0, 0.05) is 25.6 Å². The quantitative estimate of drug-likeness (QED) is 0.747. The highest BCUT2D eigenvalue weighted by atomic mass is 19.1. The first-order chi connectivity index (χ1) is 10.6. The Kier molecular flexibility index (Phi) is 6.37. The van der Waals surface area contributed by atoms with Gasteiger partial charge in [-0.1, -0.05) is 26.0 Å². The van der Waals surface area contributed by atoms with Crippen molar-refractivity contribution in [3.05, 3.63) is 35.6 Å². The first-order valence-corrected chi connectivity index (χ1v) is 8.31. The van der Waals surface area contributed by atoms with Crippen LogP contribution < -0.4 is 5.32 Å². The van der Waals surface area contributed by atoms with Gasteiger partial charge in [-0.25, -0.2) is 4.39 Å². The van der Waals surface area contributed by atoms with Gasteiger partial charge in [-0.05, 0) is 49.4 Å². The monoisotopic (exact) mass is 306 g/mol. The van der Waals surface area contributed by atoms with E-state index in [1.54, 1.807) is 12.1 Å². The van der Waals surface area contributed by atoms with E-state index in [1.165, 1.54) is 6.07 Å². The molecule has 4 heteroatoms. The molecule has 0 aliphatic carbocycles. The van der Waals surface area contributed by atoms with Crippen molar-refractivity contribution in [2.24, 2.45) is 5.92 Å². The molecule has 0 saturated carbocycles. The molecule has 1 saturated heterocycles. The van der Waals surface area contributed by atoms with E-state index in [-0.39, 0.29) is 5.82 Å². The molecule has 2 rings (SSSR count). The second kappa shape index (κ2) is 8.28. The van der Waals surface area contributed by atoms with Crippen LogP contribution in [0.2, 0.25) is 0 Å². The summed E-state index contributed by atoms with van der Waals surface area (Å²) in [5, 5.41) is 3.35. The van der Waals surface area contributed by atoms with Crippen molar-refractivity contribution >= 4 is 5.91 Å². The summed E-state index contributed by atoms with van der Waals surface area (Å²) in [6.45, 7) is 6.79. The van der Waals surface area contributed by atoms with Gasteiger partial charge in [0.2, 0.25) is 5.91 Å². The van der Waals surface area contributed by atoms with E-state index in [0.717, 1.165) is 37.9 Å². The Morgan fingerprint density at radius 2 is 2.23 bits per heavy atom. The Morgan fingerprint density at radius 1 is 1.41 bits per heavy atom. The lowest BCUT2D eigenvalue weighted by molar-refractivity contribution is -0.129. The molecule has 0 aromatic heterocycles. The van der Waals surface area contributed by atoms with Crippen LogP contribution in [0.5, 0.6) is 0 Å². The fourth-order valence-electron chi connectivity index (χ4n) is 2.95. The molecule has 1 N–H and O–H groups in total. The Labute approximate surface area is 132 Å². The lowest BCUT2D eigenvalue weighted by Gasteiger charge is -2.25. The maximum absolute atomic E-state index is 13.1. The van der Waals surface area contributed by atoms with E-state index in [1.807, 2.05) is 6.07 Å². The SMILES string of the molecule is CC(C)CCN1C(=O)CCC1CCNCc1cccc(F)c1. The zero-order chi connectivity index (χ0) is 15.9. The van der Waals surface area contributed by atoms with Gasteiger partial charge in [0.15, 0.2) is 0 Å². The van der Waals surface area contributed by atoms with Gasteiger partial charge in [0.1, 0.15) is 5.82 Å². The Balaban J connectivity index is 1.72. The molecule has 1 fully saturated rings. The normalized spacial score (nSPS) is 18.5. The Morgan fingerprint density at radius 3 is 2.95 bits per heavy atom. The minimum absolute atomic E-state index is 0.194. The van der Waals surface area contributed by atoms with E-state index in [9.17, 15) is 9.18 Å². The molecule has 0 spiro atoms. The summed E-state index contributed by atoms with van der Waals surface area (Å²) in [4.78, 5) is 14.0. The van der Waals surface area contributed by atoms with E-state index in [4.69, 9.17) is 0 Å². The minimum Gasteiger partial charge on any atom is -0.340 e. The molecule has 1 aromatic rings. The largest absolute Gasteiger partial charge is 0.340 e. The molecule has 122 valence electrons. The highest BCUT2D eigenvalue weighted by Gasteiger charge is 2.29. The van der Waals surface area contributed by atoms with Crippen molar-refractivity contribution in [3.8, 4) is 0 Å². The molecular weight excluding hydrogens is 279 g/mol. The zero-order valence-corrected chi connectivity index (χ0v) is 13.6. The number of hydrogen-bond acceptors (Lipinski definition) is 2. The van der Waals surface area contributed by atoms with Crippen LogP contribution in [-0.2, 0) is 11.3 Å². The number of nitrogens with zero attached hydrogens (tertiary/aromatic N) is 1. The lowest BCUT2D eigenvalue weighted by Crippen LogP contribution is -2.36. The average Bonchev–Trinajstić information content (AvgIpc) is 2.82. The van der Waals surface area contributed by atoms with Crippen LogP contribution in [0.1, 0.15) is 45.1 Å². The topological polar surface area (TPSA) is 32.3 Å². The van der Waals surface area contributed by atoms with Crippen molar-refractivity contribution in [1.29, 1.82) is 0 Å². The molecule has 1 atom stereocenters. The zero-order valence-electron chi connectivity index (χ0n) is 13.6. The Bertz CT molecular complexity index is 490. The molecule has 1 aromatic carbocycles. The van der Waals surface area contributed by atoms with Crippen LogP contribution in [0.15, 0.2) is 24.3 Å². The molecule has 1 unspecified atom stereocenters. The van der Waals surface area contributed by atoms with Gasteiger partial charge < -0.3 is 10.2 Å². The first kappa shape index (κ1) is 16.9. The molecule has 3 nitrogen and oxygen atoms in total. The van der Waals surface area contributed by atoms with Crippen molar-refractivity contribution in [2.75, 3.05) is 13.1 Å². The summed E-state index contributed by atoms with van der Waals surface area (Å²) < 4.78 is 13.1. The summed E-state index contributed by atoms with van der Waals surface area (Å²) in [5.41, 5.74) is 0.958. The predicted octanol–water partition coefficient (Wildman–Crippen LogP) is 3.34. The minimum atomic E-state index is -0.194. The molecule has 1 aliphatic rings. The van der Waals surface area contributed by atoms with Crippen molar-refractivity contribution in [3.63, 3.8) is 0 Å². The molecular formula is C18H27FN2O. The smallest absolute Gasteiger partial charge is 0.222 e. The highest BCUT2D eigenvalue weighted by Crippen LogP contribution is 2.22. The fourth-order valence-corrected chi connectivity index (χ4v) is 2.95. The van der Waals surface area contributed by atoms with Gasteiger partial charge in [-0.15, -0.1) is 0 Å². The number of hydrogen-bond donors (Lipinski definition) is 1. The standard InChI is InChI=1S/C18H27FN2O/c1-14(2)9-11-21-17(6-7-18(21)22)8-10-20-13-15-4-3-5-16(19)12-15/h3-5,12,14,17,20H,6-11,13H2,1-2H3.